The second kappa shape index (κ2) is 14.0. The topological polar surface area (TPSA) is 19.6 Å². The lowest BCUT2D eigenvalue weighted by Crippen LogP contribution is -2.62. The van der Waals surface area contributed by atoms with E-state index in [1.807, 2.05) is 0 Å². The number of rotatable bonds is 2. The summed E-state index contributed by atoms with van der Waals surface area (Å²) in [4.78, 5) is 5.36. The van der Waals surface area contributed by atoms with Crippen LogP contribution in [0.5, 0.6) is 0 Å². The number of hydrogen-bond acceptors (Lipinski definition) is 3. The van der Waals surface area contributed by atoms with Crippen molar-refractivity contribution in [2.24, 2.45) is 0 Å². The highest BCUT2D eigenvalue weighted by Gasteiger charge is 2.48. The molecule has 0 spiro atoms. The Morgan fingerprint density at radius 1 is 0.435 bits per heavy atom. The zero-order valence-corrected chi connectivity index (χ0v) is 44.8. The summed E-state index contributed by atoms with van der Waals surface area (Å²) in [5.74, 6) is 0. The monoisotopic (exact) mass is 911 g/mol. The van der Waals surface area contributed by atoms with Crippen LogP contribution in [0.2, 0.25) is 0 Å². The maximum atomic E-state index is 7.19. The van der Waals surface area contributed by atoms with E-state index in [2.05, 4.69) is 212 Å². The van der Waals surface area contributed by atoms with E-state index in [1.54, 1.807) is 0 Å². The van der Waals surface area contributed by atoms with Gasteiger partial charge in [-0.2, -0.15) is 0 Å². The molecule has 0 saturated carbocycles. The number of fused-ring (bicyclic) bond motifs is 10. The molecule has 4 heteroatoms. The van der Waals surface area contributed by atoms with Crippen molar-refractivity contribution in [3.63, 3.8) is 0 Å². The number of hydrogen-bond donors (Lipinski definition) is 0. The molecule has 0 unspecified atom stereocenters. The average molecular weight is 911 g/mol. The van der Waals surface area contributed by atoms with Gasteiger partial charge in [-0.1, -0.05) is 134 Å². The molecular formula is C65H75BN2O. The van der Waals surface area contributed by atoms with Crippen LogP contribution in [-0.2, 0) is 37.9 Å². The van der Waals surface area contributed by atoms with Gasteiger partial charge in [-0.3, -0.25) is 0 Å². The molecule has 0 amide bonds. The lowest BCUT2D eigenvalue weighted by molar-refractivity contribution is 0.332. The van der Waals surface area contributed by atoms with Gasteiger partial charge in [0.05, 0.1) is 0 Å². The summed E-state index contributed by atoms with van der Waals surface area (Å²) in [6.07, 6.45) is 7.06. The predicted octanol–water partition coefficient (Wildman–Crippen LogP) is 16.3. The molecular weight excluding hydrogens is 836 g/mol. The van der Waals surface area contributed by atoms with Crippen LogP contribution < -0.4 is 26.2 Å². The summed E-state index contributed by atoms with van der Waals surface area (Å²) in [7, 11) is 0. The second-order valence-electron chi connectivity index (χ2n) is 27.5. The van der Waals surface area contributed by atoms with E-state index in [9.17, 15) is 0 Å². The summed E-state index contributed by atoms with van der Waals surface area (Å²) < 4.78 is 7.19. The molecule has 0 N–H and O–H groups in total. The highest BCUT2D eigenvalue weighted by Crippen LogP contribution is 2.54. The fourth-order valence-electron chi connectivity index (χ4n) is 13.9. The summed E-state index contributed by atoms with van der Waals surface area (Å²) in [5, 5.41) is 2.43. The van der Waals surface area contributed by atoms with Gasteiger partial charge >= 0.3 is 0 Å². The Labute approximate surface area is 414 Å². The fourth-order valence-corrected chi connectivity index (χ4v) is 13.9. The number of anilines is 6. The Hall–Kier alpha value is -5.22. The molecule has 3 heterocycles. The first-order chi connectivity index (χ1) is 32.2. The fraction of sp³-hybridized carbons (Fsp3) is 0.446. The zero-order valence-electron chi connectivity index (χ0n) is 44.8. The molecule has 0 bridgehead atoms. The Bertz CT molecular complexity index is 3360. The molecule has 5 aliphatic rings. The molecule has 0 atom stereocenters. The van der Waals surface area contributed by atoms with Crippen molar-refractivity contribution in [3.05, 3.63) is 136 Å². The van der Waals surface area contributed by atoms with Crippen LogP contribution in [0.15, 0.2) is 95.4 Å². The molecule has 1 aromatic heterocycles. The van der Waals surface area contributed by atoms with Gasteiger partial charge in [0.15, 0.2) is 0 Å². The molecule has 0 saturated heterocycles. The molecule has 3 nitrogen and oxygen atoms in total. The molecule has 69 heavy (non-hydrogen) atoms. The van der Waals surface area contributed by atoms with Crippen LogP contribution in [0.3, 0.4) is 0 Å². The minimum absolute atomic E-state index is 0.0200. The van der Waals surface area contributed by atoms with Crippen LogP contribution in [0.4, 0.5) is 34.1 Å². The summed E-state index contributed by atoms with van der Waals surface area (Å²) >= 11 is 0. The third kappa shape index (κ3) is 6.44. The maximum absolute atomic E-state index is 7.19. The van der Waals surface area contributed by atoms with E-state index in [4.69, 9.17) is 4.42 Å². The van der Waals surface area contributed by atoms with Crippen molar-refractivity contribution in [1.82, 2.24) is 0 Å². The summed E-state index contributed by atoms with van der Waals surface area (Å²) in [6.45, 7) is 39.0. The lowest BCUT2D eigenvalue weighted by Gasteiger charge is -2.48. The Balaban J connectivity index is 1.23. The normalized spacial score (nSPS) is 20.7. The largest absolute Gasteiger partial charge is 0.456 e. The molecule has 0 fully saturated rings. The van der Waals surface area contributed by atoms with E-state index in [0.29, 0.717) is 0 Å². The highest BCUT2D eigenvalue weighted by molar-refractivity contribution is 7.00. The van der Waals surface area contributed by atoms with Gasteiger partial charge in [0.2, 0.25) is 0 Å². The van der Waals surface area contributed by atoms with Gasteiger partial charge < -0.3 is 14.2 Å². The number of para-hydroxylation sites is 1. The summed E-state index contributed by atoms with van der Waals surface area (Å²) in [5.41, 5.74) is 25.5. The van der Waals surface area contributed by atoms with Crippen molar-refractivity contribution in [2.45, 2.75) is 187 Å². The lowest BCUT2D eigenvalue weighted by atomic mass is 9.33. The molecule has 2 aliphatic heterocycles. The van der Waals surface area contributed by atoms with Crippen LogP contribution in [0.25, 0.3) is 21.9 Å². The van der Waals surface area contributed by atoms with Gasteiger partial charge in [-0.15, -0.1) is 0 Å². The van der Waals surface area contributed by atoms with Crippen LogP contribution in [0.1, 0.15) is 187 Å². The van der Waals surface area contributed by atoms with E-state index in [1.165, 1.54) is 144 Å². The zero-order chi connectivity index (χ0) is 48.9. The second-order valence-corrected chi connectivity index (χ2v) is 27.5. The average Bonchev–Trinajstić information content (AvgIpc) is 3.63. The van der Waals surface area contributed by atoms with Gasteiger partial charge in [0.1, 0.15) is 11.2 Å². The quantitative estimate of drug-likeness (QED) is 0.161. The van der Waals surface area contributed by atoms with E-state index in [-0.39, 0.29) is 44.6 Å². The first kappa shape index (κ1) is 45.0. The summed E-state index contributed by atoms with van der Waals surface area (Å²) in [6, 6.07) is 37.0. The SMILES string of the molecule is Cc1ccccc1N1c2cc3c(cc2B2c4cc5c(cc4N(c4ccc6c(c4)C(C)(C)CCC6(C)C)c4cc(C(C)(C)C)cc1c42)C(C)(C)CCC5(C)C)oc1cc2c(cc13)C(C)(C)CCC2(C)C. The molecule has 6 aromatic carbocycles. The van der Waals surface area contributed by atoms with Crippen molar-refractivity contribution >= 4 is 79.2 Å². The van der Waals surface area contributed by atoms with Crippen LogP contribution in [-0.4, -0.2) is 6.71 Å². The van der Waals surface area contributed by atoms with Gasteiger partial charge in [-0.25, -0.2) is 0 Å². The Morgan fingerprint density at radius 3 is 1.49 bits per heavy atom. The van der Waals surface area contributed by atoms with Gasteiger partial charge in [0.25, 0.3) is 6.71 Å². The first-order valence-electron chi connectivity index (χ1n) is 26.4. The smallest absolute Gasteiger partial charge is 0.252 e. The standard InChI is InChI=1S/C65H75BN2O/c1-38-19-17-18-20-51(38)68-52-33-42-41-32-45-48(65(15,16)28-25-62(45,9)10)36-56(41)69-57(42)37-50(52)66-49-34-46-47(64(13,14)27-26-63(46,11)12)35-53(49)67(54-29-39(59(2,3)4)30-55(68)58(54)66)40-21-22-43-44(31-40)61(7,8)24-23-60(43,5)6/h17-22,29-37H,23-28H2,1-16H3. The molecule has 12 rings (SSSR count). The predicted molar refractivity (Wildman–Crippen MR) is 297 cm³/mol. The number of nitrogens with zero attached hydrogens (tertiary/aromatic N) is 2. The molecule has 0 radical (unpaired) electrons. The molecule has 7 aromatic rings. The van der Waals surface area contributed by atoms with Crippen molar-refractivity contribution in [3.8, 4) is 0 Å². The minimum atomic E-state index is -0.112. The van der Waals surface area contributed by atoms with Crippen molar-refractivity contribution in [2.75, 3.05) is 9.80 Å². The van der Waals surface area contributed by atoms with Gasteiger partial charge in [-0.05, 0) is 205 Å². The van der Waals surface area contributed by atoms with E-state index < -0.39 is 0 Å². The van der Waals surface area contributed by atoms with Crippen molar-refractivity contribution in [1.29, 1.82) is 0 Å². The highest BCUT2D eigenvalue weighted by atomic mass is 16.3. The minimum Gasteiger partial charge on any atom is -0.456 e. The van der Waals surface area contributed by atoms with Gasteiger partial charge in [0, 0.05) is 44.9 Å². The van der Waals surface area contributed by atoms with E-state index >= 15 is 0 Å². The first-order valence-corrected chi connectivity index (χ1v) is 26.4. The third-order valence-electron chi connectivity index (χ3n) is 18.9. The number of benzene rings is 6. The maximum Gasteiger partial charge on any atom is 0.252 e. The third-order valence-corrected chi connectivity index (χ3v) is 18.9. The van der Waals surface area contributed by atoms with Crippen molar-refractivity contribution < 1.29 is 4.42 Å². The van der Waals surface area contributed by atoms with E-state index in [0.717, 1.165) is 11.2 Å². The Morgan fingerprint density at radius 2 is 0.899 bits per heavy atom. The number of aryl methyl sites for hydroxylation is 1. The van der Waals surface area contributed by atoms with Crippen LogP contribution in [0, 0.1) is 6.92 Å². The Kier molecular flexibility index (Phi) is 9.13. The number of furan rings is 1. The molecule has 354 valence electrons. The van der Waals surface area contributed by atoms with Crippen LogP contribution >= 0.6 is 0 Å². The molecule has 3 aliphatic carbocycles.